The van der Waals surface area contributed by atoms with E-state index in [2.05, 4.69) is 11.9 Å². The van der Waals surface area contributed by atoms with Crippen LogP contribution in [0.2, 0.25) is 0 Å². The number of carbonyl (C=O) groups excluding carboxylic acids is 1. The van der Waals surface area contributed by atoms with Gasteiger partial charge < -0.3 is 19.9 Å². The zero-order chi connectivity index (χ0) is 18.5. The standard InChI is InChI=1S/C15H19NO7S/c1-5-6-24(20,21)9(2)14(17)16-11-8-13(23-4)12(22-3)7-10(11)15(18)19/h5,7-9H,1,6H2,2-4H3,(H,16,17)(H,18,19). The number of sulfone groups is 1. The van der Waals surface area contributed by atoms with Gasteiger partial charge in [0, 0.05) is 12.1 Å². The molecule has 2 N–H and O–H groups in total. The van der Waals surface area contributed by atoms with Crippen molar-refractivity contribution in [2.45, 2.75) is 12.2 Å². The van der Waals surface area contributed by atoms with Crippen molar-refractivity contribution in [3.8, 4) is 11.5 Å². The average Bonchev–Trinajstić information content (AvgIpc) is 2.53. The van der Waals surface area contributed by atoms with Crippen molar-refractivity contribution < 1.29 is 32.6 Å². The number of carbonyl (C=O) groups is 2. The Kier molecular flexibility index (Phi) is 6.35. The molecule has 24 heavy (non-hydrogen) atoms. The molecule has 1 atom stereocenters. The van der Waals surface area contributed by atoms with Crippen LogP contribution >= 0.6 is 0 Å². The first kappa shape index (κ1) is 19.5. The van der Waals surface area contributed by atoms with E-state index in [-0.39, 0.29) is 28.5 Å². The number of amides is 1. The van der Waals surface area contributed by atoms with Gasteiger partial charge in [0.1, 0.15) is 5.25 Å². The fourth-order valence-electron chi connectivity index (χ4n) is 1.87. The minimum atomic E-state index is -3.72. The molecule has 0 heterocycles. The van der Waals surface area contributed by atoms with Gasteiger partial charge in [-0.05, 0) is 6.92 Å². The topological polar surface area (TPSA) is 119 Å². The Morgan fingerprint density at radius 2 is 1.83 bits per heavy atom. The SMILES string of the molecule is C=CCS(=O)(=O)C(C)C(=O)Nc1cc(OC)c(OC)cc1C(=O)O. The molecule has 0 aliphatic carbocycles. The highest BCUT2D eigenvalue weighted by molar-refractivity contribution is 7.92. The van der Waals surface area contributed by atoms with Crippen molar-refractivity contribution >= 4 is 27.4 Å². The van der Waals surface area contributed by atoms with Crippen LogP contribution in [0.1, 0.15) is 17.3 Å². The van der Waals surface area contributed by atoms with E-state index >= 15 is 0 Å². The molecule has 0 fully saturated rings. The molecule has 1 aromatic rings. The fraction of sp³-hybridized carbons (Fsp3) is 0.333. The number of benzene rings is 1. The number of hydrogen-bond donors (Lipinski definition) is 2. The number of hydrogen-bond acceptors (Lipinski definition) is 6. The largest absolute Gasteiger partial charge is 0.493 e. The van der Waals surface area contributed by atoms with Gasteiger partial charge in [-0.2, -0.15) is 0 Å². The van der Waals surface area contributed by atoms with E-state index in [1.807, 2.05) is 0 Å². The van der Waals surface area contributed by atoms with E-state index in [0.717, 1.165) is 0 Å². The molecule has 0 bridgehead atoms. The fourth-order valence-corrected chi connectivity index (χ4v) is 2.87. The van der Waals surface area contributed by atoms with E-state index in [4.69, 9.17) is 9.47 Å². The van der Waals surface area contributed by atoms with Crippen LogP contribution in [-0.4, -0.2) is 50.6 Å². The Morgan fingerprint density at radius 3 is 2.29 bits per heavy atom. The molecule has 1 amide bonds. The van der Waals surface area contributed by atoms with E-state index in [1.165, 1.54) is 39.4 Å². The number of anilines is 1. The third-order valence-electron chi connectivity index (χ3n) is 3.27. The van der Waals surface area contributed by atoms with Crippen molar-refractivity contribution in [3.63, 3.8) is 0 Å². The summed E-state index contributed by atoms with van der Waals surface area (Å²) in [6, 6.07) is 2.44. The summed E-state index contributed by atoms with van der Waals surface area (Å²) >= 11 is 0. The summed E-state index contributed by atoms with van der Waals surface area (Å²) in [4.78, 5) is 23.5. The van der Waals surface area contributed by atoms with Crippen LogP contribution in [0.5, 0.6) is 11.5 Å². The highest BCUT2D eigenvalue weighted by atomic mass is 32.2. The lowest BCUT2D eigenvalue weighted by molar-refractivity contribution is -0.115. The normalized spacial score (nSPS) is 12.1. The molecule has 0 saturated carbocycles. The van der Waals surface area contributed by atoms with Crippen molar-refractivity contribution in [2.24, 2.45) is 0 Å². The van der Waals surface area contributed by atoms with E-state index in [0.29, 0.717) is 0 Å². The second-order valence-electron chi connectivity index (χ2n) is 4.81. The van der Waals surface area contributed by atoms with E-state index in [9.17, 15) is 23.1 Å². The molecule has 8 nitrogen and oxygen atoms in total. The molecule has 0 aliphatic heterocycles. The first-order valence-corrected chi connectivity index (χ1v) is 8.52. The van der Waals surface area contributed by atoms with Crippen molar-refractivity contribution in [3.05, 3.63) is 30.4 Å². The van der Waals surface area contributed by atoms with E-state index in [1.54, 1.807) is 0 Å². The lowest BCUT2D eigenvalue weighted by atomic mass is 10.1. The van der Waals surface area contributed by atoms with Crippen molar-refractivity contribution in [1.29, 1.82) is 0 Å². The summed E-state index contributed by atoms with van der Waals surface area (Å²) in [6.45, 7) is 4.55. The molecular weight excluding hydrogens is 338 g/mol. The van der Waals surface area contributed by atoms with Gasteiger partial charge in [-0.1, -0.05) is 6.08 Å². The number of aromatic carboxylic acids is 1. The second kappa shape index (κ2) is 7.82. The zero-order valence-corrected chi connectivity index (χ0v) is 14.3. The molecule has 1 rings (SSSR count). The maximum Gasteiger partial charge on any atom is 0.337 e. The van der Waals surface area contributed by atoms with Gasteiger partial charge in [-0.15, -0.1) is 6.58 Å². The predicted octanol–water partition coefficient (Wildman–Crippen LogP) is 1.33. The Bertz CT molecular complexity index is 755. The molecule has 0 aromatic heterocycles. The number of carboxylic acid groups (broad SMARTS) is 1. The van der Waals surface area contributed by atoms with Crippen molar-refractivity contribution in [1.82, 2.24) is 0 Å². The van der Waals surface area contributed by atoms with Gasteiger partial charge in [-0.3, -0.25) is 4.79 Å². The smallest absolute Gasteiger partial charge is 0.337 e. The molecule has 0 aliphatic rings. The lowest BCUT2D eigenvalue weighted by Gasteiger charge is -2.16. The Balaban J connectivity index is 3.24. The third kappa shape index (κ3) is 4.25. The monoisotopic (exact) mass is 357 g/mol. The molecule has 1 aromatic carbocycles. The highest BCUT2D eigenvalue weighted by Crippen LogP contribution is 2.33. The molecule has 0 spiro atoms. The quantitative estimate of drug-likeness (QED) is 0.674. The minimum absolute atomic E-state index is 0.0918. The van der Waals surface area contributed by atoms with Gasteiger partial charge in [0.05, 0.1) is 31.2 Å². The predicted molar refractivity (Wildman–Crippen MR) is 88.6 cm³/mol. The van der Waals surface area contributed by atoms with E-state index < -0.39 is 27.0 Å². The van der Waals surface area contributed by atoms with Crippen LogP contribution in [0.3, 0.4) is 0 Å². The molecule has 1 unspecified atom stereocenters. The molecule has 132 valence electrons. The summed E-state index contributed by atoms with van der Waals surface area (Å²) in [5.41, 5.74) is -0.347. The molecule has 0 saturated heterocycles. The Morgan fingerprint density at radius 1 is 1.29 bits per heavy atom. The number of rotatable bonds is 8. The number of methoxy groups -OCH3 is 2. The van der Waals surface area contributed by atoms with Crippen LogP contribution in [0.15, 0.2) is 24.8 Å². The summed E-state index contributed by atoms with van der Waals surface area (Å²) in [7, 11) is -1.04. The third-order valence-corrected chi connectivity index (χ3v) is 5.26. The van der Waals surface area contributed by atoms with Gasteiger partial charge >= 0.3 is 5.97 Å². The number of ether oxygens (including phenoxy) is 2. The van der Waals surface area contributed by atoms with Gasteiger partial charge in [0.25, 0.3) is 0 Å². The maximum atomic E-state index is 12.2. The lowest BCUT2D eigenvalue weighted by Crippen LogP contribution is -2.34. The summed E-state index contributed by atoms with van der Waals surface area (Å²) < 4.78 is 33.9. The Labute approximate surface area is 140 Å². The van der Waals surface area contributed by atoms with Crippen LogP contribution < -0.4 is 14.8 Å². The molecular formula is C15H19NO7S. The molecule has 9 heteroatoms. The maximum absolute atomic E-state index is 12.2. The first-order chi connectivity index (χ1) is 11.2. The highest BCUT2D eigenvalue weighted by Gasteiger charge is 2.28. The summed E-state index contributed by atoms with van der Waals surface area (Å²) in [6.07, 6.45) is 1.18. The van der Waals surface area contributed by atoms with Gasteiger partial charge in [0.2, 0.25) is 5.91 Å². The Hall–Kier alpha value is -2.55. The van der Waals surface area contributed by atoms with Crippen LogP contribution in [0.4, 0.5) is 5.69 Å². The van der Waals surface area contributed by atoms with Gasteiger partial charge in [0.15, 0.2) is 21.3 Å². The van der Waals surface area contributed by atoms with Crippen LogP contribution in [0, 0.1) is 0 Å². The summed E-state index contributed by atoms with van der Waals surface area (Å²) in [5, 5.41) is 10.2. The van der Waals surface area contributed by atoms with Crippen molar-refractivity contribution in [2.75, 3.05) is 25.3 Å². The molecule has 0 radical (unpaired) electrons. The number of nitrogens with one attached hydrogen (secondary N) is 1. The van der Waals surface area contributed by atoms with Crippen LogP contribution in [0.25, 0.3) is 0 Å². The minimum Gasteiger partial charge on any atom is -0.493 e. The second-order valence-corrected chi connectivity index (χ2v) is 7.17. The number of carboxylic acids is 1. The summed E-state index contributed by atoms with van der Waals surface area (Å²) in [5.74, 6) is -2.17. The van der Waals surface area contributed by atoms with Crippen LogP contribution in [-0.2, 0) is 14.6 Å². The first-order valence-electron chi connectivity index (χ1n) is 6.80. The van der Waals surface area contributed by atoms with Gasteiger partial charge in [-0.25, -0.2) is 13.2 Å². The zero-order valence-electron chi connectivity index (χ0n) is 13.5. The average molecular weight is 357 g/mol.